The van der Waals surface area contributed by atoms with Crippen molar-refractivity contribution in [3.63, 3.8) is 0 Å². The molecule has 0 aliphatic carbocycles. The zero-order valence-corrected chi connectivity index (χ0v) is 19.9. The van der Waals surface area contributed by atoms with Gasteiger partial charge >= 0.3 is 0 Å². The first kappa shape index (κ1) is 22.3. The lowest BCUT2D eigenvalue weighted by atomic mass is 10.1. The molecule has 34 heavy (non-hydrogen) atoms. The van der Waals surface area contributed by atoms with Crippen molar-refractivity contribution >= 4 is 16.9 Å². The molecule has 0 bridgehead atoms. The van der Waals surface area contributed by atoms with Gasteiger partial charge in [-0.25, -0.2) is 9.67 Å². The van der Waals surface area contributed by atoms with E-state index < -0.39 is 0 Å². The third-order valence-corrected chi connectivity index (χ3v) is 6.74. The van der Waals surface area contributed by atoms with E-state index in [1.165, 1.54) is 11.1 Å². The summed E-state index contributed by atoms with van der Waals surface area (Å²) in [5.74, 6) is 0.0676. The molecule has 4 aromatic rings. The fraction of sp³-hybridized carbons (Fsp3) is 0.321. The molecule has 3 heterocycles. The van der Waals surface area contributed by atoms with Gasteiger partial charge in [0.1, 0.15) is 0 Å². The minimum Gasteiger partial charge on any atom is -0.337 e. The van der Waals surface area contributed by atoms with Crippen molar-refractivity contribution in [2.24, 2.45) is 0 Å². The Labute approximate surface area is 200 Å². The van der Waals surface area contributed by atoms with Gasteiger partial charge in [-0.3, -0.25) is 9.69 Å². The van der Waals surface area contributed by atoms with Gasteiger partial charge in [0.15, 0.2) is 5.65 Å². The number of carbonyl (C=O) groups is 1. The van der Waals surface area contributed by atoms with E-state index in [1.54, 1.807) is 6.20 Å². The highest BCUT2D eigenvalue weighted by Gasteiger charge is 2.24. The number of carbonyl (C=O) groups excluding carboxylic acids is 1. The first-order valence-electron chi connectivity index (χ1n) is 12.1. The van der Waals surface area contributed by atoms with E-state index in [0.717, 1.165) is 61.4 Å². The van der Waals surface area contributed by atoms with E-state index in [4.69, 9.17) is 4.98 Å². The summed E-state index contributed by atoms with van der Waals surface area (Å²) in [5.41, 5.74) is 5.95. The molecule has 0 spiro atoms. The number of amides is 1. The lowest BCUT2D eigenvalue weighted by molar-refractivity contribution is 0.0763. The van der Waals surface area contributed by atoms with Crippen molar-refractivity contribution in [3.05, 3.63) is 83.6 Å². The lowest BCUT2D eigenvalue weighted by Gasteiger charge is -2.23. The van der Waals surface area contributed by atoms with Gasteiger partial charge in [0.2, 0.25) is 0 Å². The maximum absolute atomic E-state index is 13.8. The van der Waals surface area contributed by atoms with Crippen molar-refractivity contribution in [2.45, 2.75) is 33.4 Å². The molecule has 6 heteroatoms. The Balaban J connectivity index is 1.41. The fourth-order valence-electron chi connectivity index (χ4n) is 4.74. The van der Waals surface area contributed by atoms with E-state index in [-0.39, 0.29) is 5.91 Å². The minimum atomic E-state index is 0.0676. The van der Waals surface area contributed by atoms with Crippen molar-refractivity contribution in [1.82, 2.24) is 24.6 Å². The Morgan fingerprint density at radius 1 is 0.971 bits per heavy atom. The van der Waals surface area contributed by atoms with Crippen LogP contribution in [-0.4, -0.2) is 56.7 Å². The number of benzene rings is 2. The molecule has 5 rings (SSSR count). The topological polar surface area (TPSA) is 54.3 Å². The summed E-state index contributed by atoms with van der Waals surface area (Å²) in [6.07, 6.45) is 2.75. The SMILES string of the molecule is CCn1ncc2c(C(=O)N3CCCN(Cc4ccccc4C)CC3)cc(-c3ccccc3)nc21. The van der Waals surface area contributed by atoms with Gasteiger partial charge in [-0.15, -0.1) is 0 Å². The molecule has 1 fully saturated rings. The molecule has 0 unspecified atom stereocenters. The van der Waals surface area contributed by atoms with Crippen LogP contribution in [0.2, 0.25) is 0 Å². The molecule has 174 valence electrons. The maximum Gasteiger partial charge on any atom is 0.254 e. The Kier molecular flexibility index (Phi) is 6.41. The molecule has 1 saturated heterocycles. The average molecular weight is 454 g/mol. The standard InChI is InChI=1S/C28H31N5O/c1-3-33-27-25(19-29-33)24(18-26(30-27)22-11-5-4-6-12-22)28(34)32-15-9-14-31(16-17-32)20-23-13-8-7-10-21(23)2/h4-8,10-13,18-19H,3,9,14-17,20H2,1-2H3. The quantitative estimate of drug-likeness (QED) is 0.437. The number of hydrogen-bond acceptors (Lipinski definition) is 4. The highest BCUT2D eigenvalue weighted by atomic mass is 16.2. The summed E-state index contributed by atoms with van der Waals surface area (Å²) in [6, 6.07) is 20.5. The first-order valence-corrected chi connectivity index (χ1v) is 12.1. The van der Waals surface area contributed by atoms with Crippen molar-refractivity contribution in [3.8, 4) is 11.3 Å². The van der Waals surface area contributed by atoms with Gasteiger partial charge in [0.05, 0.1) is 22.8 Å². The van der Waals surface area contributed by atoms with Crippen LogP contribution >= 0.6 is 0 Å². The van der Waals surface area contributed by atoms with Gasteiger partial charge in [-0.2, -0.15) is 5.10 Å². The minimum absolute atomic E-state index is 0.0676. The fourth-order valence-corrected chi connectivity index (χ4v) is 4.74. The zero-order chi connectivity index (χ0) is 23.5. The first-order chi connectivity index (χ1) is 16.6. The number of pyridine rings is 1. The Morgan fingerprint density at radius 2 is 1.76 bits per heavy atom. The van der Waals surface area contributed by atoms with E-state index >= 15 is 0 Å². The number of nitrogens with zero attached hydrogens (tertiary/aromatic N) is 5. The second-order valence-electron chi connectivity index (χ2n) is 8.97. The van der Waals surface area contributed by atoms with E-state index in [9.17, 15) is 4.79 Å². The molecule has 1 aliphatic heterocycles. The van der Waals surface area contributed by atoms with Gasteiger partial charge < -0.3 is 4.90 Å². The Hall–Kier alpha value is -3.51. The number of hydrogen-bond donors (Lipinski definition) is 0. The number of aromatic nitrogens is 3. The summed E-state index contributed by atoms with van der Waals surface area (Å²) >= 11 is 0. The monoisotopic (exact) mass is 453 g/mol. The van der Waals surface area contributed by atoms with Gasteiger partial charge in [0.25, 0.3) is 5.91 Å². The summed E-state index contributed by atoms with van der Waals surface area (Å²) in [7, 11) is 0. The highest BCUT2D eigenvalue weighted by molar-refractivity contribution is 6.06. The van der Waals surface area contributed by atoms with Crippen LogP contribution in [-0.2, 0) is 13.1 Å². The third-order valence-electron chi connectivity index (χ3n) is 6.74. The molecule has 2 aromatic carbocycles. The molecular formula is C28H31N5O. The molecule has 0 radical (unpaired) electrons. The third kappa shape index (κ3) is 4.46. The van der Waals surface area contributed by atoms with Crippen LogP contribution in [0.25, 0.3) is 22.3 Å². The van der Waals surface area contributed by atoms with E-state index in [2.05, 4.69) is 41.2 Å². The van der Waals surface area contributed by atoms with E-state index in [1.807, 2.05) is 52.9 Å². The van der Waals surface area contributed by atoms with Crippen molar-refractivity contribution in [1.29, 1.82) is 0 Å². The number of fused-ring (bicyclic) bond motifs is 1. The molecular weight excluding hydrogens is 422 g/mol. The molecule has 6 nitrogen and oxygen atoms in total. The summed E-state index contributed by atoms with van der Waals surface area (Å²) in [4.78, 5) is 23.1. The predicted octanol–water partition coefficient (Wildman–Crippen LogP) is 4.77. The number of rotatable bonds is 5. The van der Waals surface area contributed by atoms with Crippen LogP contribution in [0.1, 0.15) is 34.8 Å². The van der Waals surface area contributed by atoms with Crippen LogP contribution in [0.4, 0.5) is 0 Å². The second kappa shape index (κ2) is 9.77. The molecule has 0 N–H and O–H groups in total. The smallest absolute Gasteiger partial charge is 0.254 e. The van der Waals surface area contributed by atoms with Crippen molar-refractivity contribution < 1.29 is 4.79 Å². The summed E-state index contributed by atoms with van der Waals surface area (Å²) in [6.45, 7) is 9.18. The van der Waals surface area contributed by atoms with Crippen molar-refractivity contribution in [2.75, 3.05) is 26.2 Å². The molecule has 1 amide bonds. The van der Waals surface area contributed by atoms with Crippen LogP contribution in [0.3, 0.4) is 0 Å². The van der Waals surface area contributed by atoms with Crippen LogP contribution < -0.4 is 0 Å². The van der Waals surface area contributed by atoms with Crippen LogP contribution in [0.5, 0.6) is 0 Å². The second-order valence-corrected chi connectivity index (χ2v) is 8.97. The predicted molar refractivity (Wildman–Crippen MR) is 136 cm³/mol. The van der Waals surface area contributed by atoms with Gasteiger partial charge in [-0.05, 0) is 37.5 Å². The van der Waals surface area contributed by atoms with Gasteiger partial charge in [-0.1, -0.05) is 54.6 Å². The summed E-state index contributed by atoms with van der Waals surface area (Å²) < 4.78 is 1.87. The molecule has 0 atom stereocenters. The maximum atomic E-state index is 13.8. The largest absolute Gasteiger partial charge is 0.337 e. The highest BCUT2D eigenvalue weighted by Crippen LogP contribution is 2.26. The van der Waals surface area contributed by atoms with Crippen LogP contribution in [0.15, 0.2) is 66.9 Å². The molecule has 2 aromatic heterocycles. The normalized spacial score (nSPS) is 14.9. The molecule has 1 aliphatic rings. The lowest BCUT2D eigenvalue weighted by Crippen LogP contribution is -2.35. The van der Waals surface area contributed by atoms with Crippen LogP contribution in [0, 0.1) is 6.92 Å². The zero-order valence-electron chi connectivity index (χ0n) is 19.9. The average Bonchev–Trinajstić information content (AvgIpc) is 3.15. The van der Waals surface area contributed by atoms with E-state index in [0.29, 0.717) is 12.1 Å². The Morgan fingerprint density at radius 3 is 2.56 bits per heavy atom. The summed E-state index contributed by atoms with van der Waals surface area (Å²) in [5, 5.41) is 5.32. The Bertz CT molecular complexity index is 1300. The van der Waals surface area contributed by atoms with Gasteiger partial charge in [0, 0.05) is 44.8 Å². The molecule has 0 saturated carbocycles. The number of aryl methyl sites for hydroxylation is 2.